The summed E-state index contributed by atoms with van der Waals surface area (Å²) < 4.78 is 5.04. The summed E-state index contributed by atoms with van der Waals surface area (Å²) in [5.74, 6) is -0.529. The van der Waals surface area contributed by atoms with Crippen molar-refractivity contribution in [3.63, 3.8) is 0 Å². The lowest BCUT2D eigenvalue weighted by Crippen LogP contribution is -2.09. The first-order valence-electron chi connectivity index (χ1n) is 6.70. The van der Waals surface area contributed by atoms with Crippen LogP contribution in [0.15, 0.2) is 47.6 Å². The summed E-state index contributed by atoms with van der Waals surface area (Å²) in [6.45, 7) is 0.0440. The van der Waals surface area contributed by atoms with Crippen molar-refractivity contribution in [3.05, 3.63) is 63.6 Å². The minimum atomic E-state index is -1.02. The Hall–Kier alpha value is -2.24. The van der Waals surface area contributed by atoms with Gasteiger partial charge in [-0.15, -0.1) is 0 Å². The number of aliphatic carboxylic acids is 1. The Labute approximate surface area is 143 Å². The van der Waals surface area contributed by atoms with Crippen molar-refractivity contribution < 1.29 is 14.6 Å². The predicted molar refractivity (Wildman–Crippen MR) is 90.5 cm³/mol. The smallest absolute Gasteiger partial charge is 0.341 e. The third-order valence-corrected chi connectivity index (χ3v) is 3.57. The van der Waals surface area contributed by atoms with Gasteiger partial charge in [0.15, 0.2) is 6.61 Å². The molecule has 23 heavy (non-hydrogen) atoms. The number of hydrogen-bond donors (Lipinski definition) is 2. The molecule has 0 saturated carbocycles. The number of ether oxygens (including phenoxy) is 1. The predicted octanol–water partition coefficient (Wildman–Crippen LogP) is 3.58. The van der Waals surface area contributed by atoms with Gasteiger partial charge in [-0.1, -0.05) is 29.3 Å². The van der Waals surface area contributed by atoms with Crippen molar-refractivity contribution in [2.75, 3.05) is 6.61 Å². The number of carbonyl (C=O) groups is 1. The van der Waals surface area contributed by atoms with Gasteiger partial charge >= 0.3 is 5.97 Å². The van der Waals surface area contributed by atoms with Crippen LogP contribution in [0, 0.1) is 0 Å². The Morgan fingerprint density at radius 3 is 2.43 bits per heavy atom. The number of carboxylic acid groups (broad SMARTS) is 1. The van der Waals surface area contributed by atoms with E-state index < -0.39 is 5.97 Å². The third-order valence-electron chi connectivity index (χ3n) is 2.86. The molecule has 0 saturated heterocycles. The maximum absolute atomic E-state index is 10.4. The third kappa shape index (κ3) is 5.47. The molecule has 2 aromatic rings. The Morgan fingerprint density at radius 1 is 1.17 bits per heavy atom. The van der Waals surface area contributed by atoms with Gasteiger partial charge in [-0.05, 0) is 42.0 Å². The van der Waals surface area contributed by atoms with E-state index in [4.69, 9.17) is 33.0 Å². The number of rotatable bonds is 7. The molecule has 0 aliphatic heterocycles. The molecular formula is C16H14Cl2N2O3. The van der Waals surface area contributed by atoms with Crippen molar-refractivity contribution in [1.82, 2.24) is 5.43 Å². The number of benzene rings is 2. The first kappa shape index (κ1) is 17.1. The van der Waals surface area contributed by atoms with Gasteiger partial charge in [-0.25, -0.2) is 4.79 Å². The standard InChI is InChI=1S/C16H14Cl2N2O3/c17-14-2-1-3-15(18)13(14)9-20-19-8-11-4-6-12(7-5-11)23-10-16(21)22/h1-8,20H,9-10H2,(H,21,22)/b19-8+. The highest BCUT2D eigenvalue weighted by Crippen LogP contribution is 2.23. The Balaban J connectivity index is 1.87. The minimum absolute atomic E-state index is 0.367. The highest BCUT2D eigenvalue weighted by Gasteiger charge is 2.03. The first-order valence-corrected chi connectivity index (χ1v) is 7.45. The van der Waals surface area contributed by atoms with E-state index in [9.17, 15) is 4.79 Å². The van der Waals surface area contributed by atoms with Gasteiger partial charge in [0.05, 0.1) is 12.8 Å². The van der Waals surface area contributed by atoms with Crippen LogP contribution in [-0.2, 0) is 11.3 Å². The van der Waals surface area contributed by atoms with Crippen LogP contribution in [0.4, 0.5) is 0 Å². The average Bonchev–Trinajstić information content (AvgIpc) is 2.53. The van der Waals surface area contributed by atoms with Gasteiger partial charge in [0.2, 0.25) is 0 Å². The fraction of sp³-hybridized carbons (Fsp3) is 0.125. The van der Waals surface area contributed by atoms with Crippen molar-refractivity contribution in [2.45, 2.75) is 6.54 Å². The van der Waals surface area contributed by atoms with Gasteiger partial charge < -0.3 is 15.3 Å². The average molecular weight is 353 g/mol. The van der Waals surface area contributed by atoms with Crippen molar-refractivity contribution in [2.24, 2.45) is 5.10 Å². The second-order valence-electron chi connectivity index (χ2n) is 4.54. The van der Waals surface area contributed by atoms with E-state index in [0.29, 0.717) is 22.3 Å². The van der Waals surface area contributed by atoms with Crippen LogP contribution in [0.5, 0.6) is 5.75 Å². The van der Waals surface area contributed by atoms with Gasteiger partial charge in [0.25, 0.3) is 0 Å². The SMILES string of the molecule is O=C(O)COc1ccc(/C=N/NCc2c(Cl)cccc2Cl)cc1. The van der Waals surface area contributed by atoms with Crippen molar-refractivity contribution in [1.29, 1.82) is 0 Å². The summed E-state index contributed by atoms with van der Waals surface area (Å²) in [7, 11) is 0. The second kappa shape index (κ2) is 8.41. The molecule has 0 heterocycles. The number of hydrogen-bond acceptors (Lipinski definition) is 4. The summed E-state index contributed by atoms with van der Waals surface area (Å²) in [6, 6.07) is 12.2. The highest BCUT2D eigenvalue weighted by atomic mass is 35.5. The monoisotopic (exact) mass is 352 g/mol. The largest absolute Gasteiger partial charge is 0.482 e. The molecule has 2 N–H and O–H groups in total. The molecular weight excluding hydrogens is 339 g/mol. The summed E-state index contributed by atoms with van der Waals surface area (Å²) >= 11 is 12.1. The molecule has 0 bridgehead atoms. The minimum Gasteiger partial charge on any atom is -0.482 e. The van der Waals surface area contributed by atoms with Gasteiger partial charge in [0, 0.05) is 15.6 Å². The first-order chi connectivity index (χ1) is 11.1. The van der Waals surface area contributed by atoms with Crippen LogP contribution in [0.2, 0.25) is 10.0 Å². The van der Waals surface area contributed by atoms with Crippen LogP contribution in [-0.4, -0.2) is 23.9 Å². The van der Waals surface area contributed by atoms with E-state index in [0.717, 1.165) is 11.1 Å². The topological polar surface area (TPSA) is 70.9 Å². The summed E-state index contributed by atoms with van der Waals surface area (Å²) in [6.07, 6.45) is 1.63. The number of halogens is 2. The molecule has 0 aliphatic carbocycles. The lowest BCUT2D eigenvalue weighted by atomic mass is 10.2. The zero-order valence-corrected chi connectivity index (χ0v) is 13.5. The molecule has 0 fully saturated rings. The van der Waals surface area contributed by atoms with Crippen LogP contribution in [0.1, 0.15) is 11.1 Å². The molecule has 2 aromatic carbocycles. The fourth-order valence-electron chi connectivity index (χ4n) is 1.74. The quantitative estimate of drug-likeness (QED) is 0.590. The van der Waals surface area contributed by atoms with Crippen LogP contribution in [0.25, 0.3) is 0 Å². The molecule has 0 radical (unpaired) electrons. The molecule has 0 unspecified atom stereocenters. The van der Waals surface area contributed by atoms with E-state index in [2.05, 4.69) is 10.5 Å². The Kier molecular flexibility index (Phi) is 6.26. The molecule has 7 heteroatoms. The van der Waals surface area contributed by atoms with E-state index in [1.54, 1.807) is 48.7 Å². The molecule has 0 aromatic heterocycles. The van der Waals surface area contributed by atoms with Crippen LogP contribution < -0.4 is 10.2 Å². The number of nitrogens with one attached hydrogen (secondary N) is 1. The molecule has 120 valence electrons. The normalized spacial score (nSPS) is 10.7. The molecule has 0 amide bonds. The van der Waals surface area contributed by atoms with Crippen molar-refractivity contribution in [3.8, 4) is 5.75 Å². The van der Waals surface area contributed by atoms with Gasteiger partial charge in [-0.3, -0.25) is 0 Å². The zero-order valence-electron chi connectivity index (χ0n) is 12.0. The molecule has 0 spiro atoms. The van der Waals surface area contributed by atoms with Crippen LogP contribution in [0.3, 0.4) is 0 Å². The molecule has 2 rings (SSSR count). The maximum atomic E-state index is 10.4. The van der Waals surface area contributed by atoms with Gasteiger partial charge in [0.1, 0.15) is 5.75 Å². The summed E-state index contributed by atoms with van der Waals surface area (Å²) in [5.41, 5.74) is 4.50. The Bertz CT molecular complexity index is 683. The molecule has 5 nitrogen and oxygen atoms in total. The summed E-state index contributed by atoms with van der Waals surface area (Å²) in [5, 5.41) is 13.8. The van der Waals surface area contributed by atoms with E-state index in [-0.39, 0.29) is 6.61 Å². The number of nitrogens with zero attached hydrogens (tertiary/aromatic N) is 1. The fourth-order valence-corrected chi connectivity index (χ4v) is 2.27. The number of carboxylic acids is 1. The van der Waals surface area contributed by atoms with E-state index >= 15 is 0 Å². The highest BCUT2D eigenvalue weighted by molar-refractivity contribution is 6.35. The van der Waals surface area contributed by atoms with E-state index in [1.807, 2.05) is 0 Å². The van der Waals surface area contributed by atoms with Crippen LogP contribution >= 0.6 is 23.2 Å². The number of hydrazone groups is 1. The van der Waals surface area contributed by atoms with Gasteiger partial charge in [-0.2, -0.15) is 5.10 Å². The van der Waals surface area contributed by atoms with Crippen molar-refractivity contribution >= 4 is 35.4 Å². The second-order valence-corrected chi connectivity index (χ2v) is 5.36. The lowest BCUT2D eigenvalue weighted by molar-refractivity contribution is -0.139. The zero-order chi connectivity index (χ0) is 16.7. The van der Waals surface area contributed by atoms with E-state index in [1.165, 1.54) is 0 Å². The Morgan fingerprint density at radius 2 is 1.83 bits per heavy atom. The lowest BCUT2D eigenvalue weighted by Gasteiger charge is -2.06. The maximum Gasteiger partial charge on any atom is 0.341 e. The summed E-state index contributed by atoms with van der Waals surface area (Å²) in [4.78, 5) is 10.4. The molecule has 0 aliphatic rings. The molecule has 0 atom stereocenters.